The van der Waals surface area contributed by atoms with Gasteiger partial charge in [0.2, 0.25) is 5.88 Å². The van der Waals surface area contributed by atoms with Crippen molar-refractivity contribution in [2.45, 2.75) is 20.3 Å². The van der Waals surface area contributed by atoms with Gasteiger partial charge in [0, 0.05) is 18.3 Å². The highest BCUT2D eigenvalue weighted by molar-refractivity contribution is 5.60. The van der Waals surface area contributed by atoms with E-state index in [1.54, 1.807) is 6.92 Å². The average Bonchev–Trinajstić information content (AvgIpc) is 2.54. The molecule has 0 aliphatic carbocycles. The Morgan fingerprint density at radius 3 is 2.71 bits per heavy atom. The molecule has 0 atom stereocenters. The summed E-state index contributed by atoms with van der Waals surface area (Å²) in [6.07, 6.45) is 2.55. The van der Waals surface area contributed by atoms with Gasteiger partial charge in [-0.15, -0.1) is 5.92 Å². The number of hydrogen-bond donors (Lipinski definition) is 0. The number of hydrogen-bond acceptors (Lipinski definition) is 4. The number of para-hydroxylation sites is 1. The van der Waals surface area contributed by atoms with Gasteiger partial charge in [-0.25, -0.2) is 9.97 Å². The van der Waals surface area contributed by atoms with Crippen molar-refractivity contribution >= 4 is 11.5 Å². The minimum Gasteiger partial charge on any atom is -0.464 e. The molecule has 0 N–H and O–H groups in total. The summed E-state index contributed by atoms with van der Waals surface area (Å²) < 4.78 is 5.50. The third-order valence-corrected chi connectivity index (χ3v) is 2.89. The highest BCUT2D eigenvalue weighted by Crippen LogP contribution is 2.25. The Labute approximate surface area is 125 Å². The fourth-order valence-electron chi connectivity index (χ4n) is 1.95. The van der Waals surface area contributed by atoms with Gasteiger partial charge in [0.25, 0.3) is 0 Å². The van der Waals surface area contributed by atoms with E-state index in [9.17, 15) is 0 Å². The van der Waals surface area contributed by atoms with Crippen molar-refractivity contribution in [2.24, 2.45) is 0 Å². The molecule has 0 unspecified atom stereocenters. The first kappa shape index (κ1) is 14.9. The van der Waals surface area contributed by atoms with E-state index in [0.29, 0.717) is 12.5 Å². The van der Waals surface area contributed by atoms with Crippen molar-refractivity contribution in [1.82, 2.24) is 9.97 Å². The van der Waals surface area contributed by atoms with Crippen LogP contribution < -0.4 is 9.64 Å². The zero-order valence-corrected chi connectivity index (χ0v) is 12.4. The van der Waals surface area contributed by atoms with E-state index in [2.05, 4.69) is 45.8 Å². The summed E-state index contributed by atoms with van der Waals surface area (Å²) in [6, 6.07) is 12.0. The van der Waals surface area contributed by atoms with Crippen molar-refractivity contribution < 1.29 is 4.74 Å². The maximum Gasteiger partial charge on any atom is 0.219 e. The molecular weight excluding hydrogens is 262 g/mol. The molecule has 0 aliphatic heterocycles. The number of ether oxygens (including phenoxy) is 1. The first-order valence-corrected chi connectivity index (χ1v) is 7.02. The quantitative estimate of drug-likeness (QED) is 0.760. The van der Waals surface area contributed by atoms with E-state index in [4.69, 9.17) is 4.74 Å². The third-order valence-electron chi connectivity index (χ3n) is 2.89. The Bertz CT molecular complexity index is 617. The van der Waals surface area contributed by atoms with Crippen LogP contribution >= 0.6 is 0 Å². The van der Waals surface area contributed by atoms with Crippen molar-refractivity contribution in [3.05, 3.63) is 42.7 Å². The molecule has 0 fully saturated rings. The Morgan fingerprint density at radius 2 is 2.00 bits per heavy atom. The Balaban J connectivity index is 2.23. The van der Waals surface area contributed by atoms with Crippen LogP contribution in [0.4, 0.5) is 11.5 Å². The predicted molar refractivity (Wildman–Crippen MR) is 84.7 cm³/mol. The molecule has 0 aliphatic rings. The minimum atomic E-state index is 0.339. The summed E-state index contributed by atoms with van der Waals surface area (Å²) in [4.78, 5) is 10.6. The maximum absolute atomic E-state index is 5.50. The van der Waals surface area contributed by atoms with Crippen LogP contribution in [0, 0.1) is 11.8 Å². The lowest BCUT2D eigenvalue weighted by molar-refractivity contribution is 0.354. The summed E-state index contributed by atoms with van der Waals surface area (Å²) in [5.74, 6) is 7.02. The summed E-state index contributed by atoms with van der Waals surface area (Å²) in [7, 11) is 0. The van der Waals surface area contributed by atoms with Gasteiger partial charge in [0.05, 0.1) is 0 Å². The van der Waals surface area contributed by atoms with Crippen molar-refractivity contribution in [3.8, 4) is 17.7 Å². The van der Waals surface area contributed by atoms with Crippen LogP contribution in [-0.4, -0.2) is 23.1 Å². The molecule has 4 heteroatoms. The smallest absolute Gasteiger partial charge is 0.219 e. The van der Waals surface area contributed by atoms with Crippen LogP contribution in [0.15, 0.2) is 42.7 Å². The zero-order valence-electron chi connectivity index (χ0n) is 12.4. The number of aromatic nitrogens is 2. The summed E-state index contributed by atoms with van der Waals surface area (Å²) in [5.41, 5.74) is 1.11. The lowest BCUT2D eigenvalue weighted by Gasteiger charge is -2.23. The fraction of sp³-hybridized carbons (Fsp3) is 0.294. The molecule has 1 aromatic heterocycles. The molecule has 0 radical (unpaired) electrons. The molecule has 1 aromatic carbocycles. The molecule has 1 heterocycles. The highest BCUT2D eigenvalue weighted by Gasteiger charge is 2.10. The minimum absolute atomic E-state index is 0.339. The second-order valence-corrected chi connectivity index (χ2v) is 4.42. The molecule has 4 nitrogen and oxygen atoms in total. The van der Waals surface area contributed by atoms with Gasteiger partial charge in [-0.05, 0) is 25.5 Å². The van der Waals surface area contributed by atoms with E-state index in [-0.39, 0.29) is 0 Å². The predicted octanol–water partition coefficient (Wildman–Crippen LogP) is 3.43. The molecule has 108 valence electrons. The maximum atomic E-state index is 5.50. The number of anilines is 2. The second-order valence-electron chi connectivity index (χ2n) is 4.42. The largest absolute Gasteiger partial charge is 0.464 e. The Kier molecular flexibility index (Phi) is 5.60. The molecule has 21 heavy (non-hydrogen) atoms. The SMILES string of the molecule is CC#CCOc1cc(N(CCC)c2ccccc2)ncn1. The first-order valence-electron chi connectivity index (χ1n) is 7.02. The van der Waals surface area contributed by atoms with Crippen molar-refractivity contribution in [1.29, 1.82) is 0 Å². The highest BCUT2D eigenvalue weighted by atomic mass is 16.5. The summed E-state index contributed by atoms with van der Waals surface area (Å²) in [5, 5.41) is 0. The lowest BCUT2D eigenvalue weighted by Crippen LogP contribution is -2.19. The van der Waals surface area contributed by atoms with Crippen molar-refractivity contribution in [3.63, 3.8) is 0 Å². The molecular formula is C17H19N3O. The average molecular weight is 281 g/mol. The lowest BCUT2D eigenvalue weighted by atomic mass is 10.2. The number of nitrogens with zero attached hydrogens (tertiary/aromatic N) is 3. The van der Waals surface area contributed by atoms with E-state index in [0.717, 1.165) is 24.5 Å². The van der Waals surface area contributed by atoms with Gasteiger partial charge in [0.1, 0.15) is 12.1 Å². The van der Waals surface area contributed by atoms with Gasteiger partial charge in [-0.3, -0.25) is 0 Å². The van der Waals surface area contributed by atoms with E-state index < -0.39 is 0 Å². The van der Waals surface area contributed by atoms with Crippen LogP contribution in [0.25, 0.3) is 0 Å². The van der Waals surface area contributed by atoms with Gasteiger partial charge in [-0.1, -0.05) is 31.0 Å². The molecule has 2 aromatic rings. The second kappa shape index (κ2) is 7.91. The van der Waals surface area contributed by atoms with Crippen LogP contribution in [0.1, 0.15) is 20.3 Å². The van der Waals surface area contributed by atoms with Gasteiger partial charge in [0.15, 0.2) is 6.61 Å². The standard InChI is InChI=1S/C17H19N3O/c1-3-5-12-21-17-13-16(18-14-19-17)20(11-4-2)15-9-7-6-8-10-15/h6-10,13-14H,4,11-12H2,1-2H3. The van der Waals surface area contributed by atoms with Gasteiger partial charge < -0.3 is 9.64 Å². The normalized spacial score (nSPS) is 9.62. The molecule has 0 saturated carbocycles. The molecule has 0 saturated heterocycles. The van der Waals surface area contributed by atoms with Crippen LogP contribution in [-0.2, 0) is 0 Å². The van der Waals surface area contributed by atoms with E-state index in [1.165, 1.54) is 6.33 Å². The van der Waals surface area contributed by atoms with Crippen LogP contribution in [0.2, 0.25) is 0 Å². The monoisotopic (exact) mass is 281 g/mol. The Hall–Kier alpha value is -2.54. The molecule has 2 rings (SSSR count). The van der Waals surface area contributed by atoms with Gasteiger partial charge in [-0.2, -0.15) is 0 Å². The fourth-order valence-corrected chi connectivity index (χ4v) is 1.95. The van der Waals surface area contributed by atoms with Crippen molar-refractivity contribution in [2.75, 3.05) is 18.1 Å². The van der Waals surface area contributed by atoms with Gasteiger partial charge >= 0.3 is 0 Å². The first-order chi connectivity index (χ1) is 10.3. The van der Waals surface area contributed by atoms with E-state index >= 15 is 0 Å². The van der Waals surface area contributed by atoms with E-state index in [1.807, 2.05) is 24.3 Å². The third kappa shape index (κ3) is 4.22. The summed E-state index contributed by atoms with van der Waals surface area (Å²) >= 11 is 0. The molecule has 0 spiro atoms. The van der Waals surface area contributed by atoms with Crippen LogP contribution in [0.3, 0.4) is 0 Å². The molecule has 0 bridgehead atoms. The number of rotatable bonds is 6. The number of benzene rings is 1. The molecule has 0 amide bonds. The summed E-state index contributed by atoms with van der Waals surface area (Å²) in [6.45, 7) is 5.15. The topological polar surface area (TPSA) is 38.2 Å². The zero-order chi connectivity index (χ0) is 14.9. The van der Waals surface area contributed by atoms with Crippen LogP contribution in [0.5, 0.6) is 5.88 Å². The Morgan fingerprint density at radius 1 is 1.19 bits per heavy atom.